The number of carbonyl (C=O) groups is 1. The van der Waals surface area contributed by atoms with Gasteiger partial charge in [0.05, 0.1) is 24.1 Å². The lowest BCUT2D eigenvalue weighted by Crippen LogP contribution is -2.42. The Hall–Kier alpha value is -3.32. The van der Waals surface area contributed by atoms with Gasteiger partial charge in [-0.1, -0.05) is 17.7 Å². The van der Waals surface area contributed by atoms with Crippen LogP contribution < -0.4 is 10.1 Å². The van der Waals surface area contributed by atoms with Crippen LogP contribution in [-0.4, -0.2) is 30.7 Å². The highest BCUT2D eigenvalue weighted by atomic mass is 35.5. The van der Waals surface area contributed by atoms with Gasteiger partial charge in [-0.15, -0.1) is 0 Å². The molecule has 7 nitrogen and oxygen atoms in total. The average molecular weight is 410 g/mol. The van der Waals surface area contributed by atoms with Gasteiger partial charge >= 0.3 is 0 Å². The van der Waals surface area contributed by atoms with E-state index in [1.807, 2.05) is 35.0 Å². The summed E-state index contributed by atoms with van der Waals surface area (Å²) in [4.78, 5) is 17.2. The molecular formula is C21H20ClN5O2. The number of carbonyl (C=O) groups excluding carboxylic acids is 1. The van der Waals surface area contributed by atoms with Crippen molar-refractivity contribution in [1.82, 2.24) is 19.2 Å². The minimum Gasteiger partial charge on any atom is -0.478 e. The number of fused-ring (bicyclic) bond motifs is 1. The van der Waals surface area contributed by atoms with Crippen molar-refractivity contribution in [3.05, 3.63) is 78.0 Å². The number of anilines is 1. The van der Waals surface area contributed by atoms with Crippen LogP contribution in [0, 0.1) is 0 Å². The van der Waals surface area contributed by atoms with Gasteiger partial charge in [0.25, 0.3) is 5.91 Å². The van der Waals surface area contributed by atoms with E-state index in [0.717, 1.165) is 11.3 Å². The summed E-state index contributed by atoms with van der Waals surface area (Å²) in [7, 11) is 0. The Balaban J connectivity index is 1.41. The van der Waals surface area contributed by atoms with Crippen LogP contribution in [-0.2, 0) is 11.3 Å². The molecule has 1 amide bonds. The first-order valence-electron chi connectivity index (χ1n) is 9.10. The van der Waals surface area contributed by atoms with Crippen molar-refractivity contribution in [1.29, 1.82) is 0 Å². The Bertz CT molecular complexity index is 1110. The molecule has 3 heterocycles. The molecular weight excluding hydrogens is 390 g/mol. The highest BCUT2D eigenvalue weighted by Crippen LogP contribution is 2.22. The van der Waals surface area contributed by atoms with Gasteiger partial charge < -0.3 is 14.5 Å². The summed E-state index contributed by atoms with van der Waals surface area (Å²) in [6.45, 7) is 3.91. The molecule has 0 aliphatic rings. The van der Waals surface area contributed by atoms with Crippen LogP contribution in [0.3, 0.4) is 0 Å². The highest BCUT2D eigenvalue weighted by Gasteiger charge is 2.30. The number of benzene rings is 1. The van der Waals surface area contributed by atoms with Gasteiger partial charge in [-0.05, 0) is 50.2 Å². The van der Waals surface area contributed by atoms with E-state index in [0.29, 0.717) is 23.0 Å². The van der Waals surface area contributed by atoms with Crippen molar-refractivity contribution < 1.29 is 9.53 Å². The summed E-state index contributed by atoms with van der Waals surface area (Å²) < 4.78 is 9.50. The minimum absolute atomic E-state index is 0.278. The molecule has 29 heavy (non-hydrogen) atoms. The number of hydrogen-bond donors (Lipinski definition) is 1. The number of nitrogens with zero attached hydrogens (tertiary/aromatic N) is 4. The highest BCUT2D eigenvalue weighted by molar-refractivity contribution is 6.30. The van der Waals surface area contributed by atoms with Crippen LogP contribution in [0.15, 0.2) is 67.3 Å². The van der Waals surface area contributed by atoms with Crippen LogP contribution in [0.4, 0.5) is 5.69 Å². The van der Waals surface area contributed by atoms with Crippen molar-refractivity contribution >= 4 is 28.8 Å². The molecule has 0 aliphatic carbocycles. The number of hydrogen-bond acceptors (Lipinski definition) is 4. The van der Waals surface area contributed by atoms with Gasteiger partial charge in [0.15, 0.2) is 5.60 Å². The molecule has 3 aromatic heterocycles. The molecule has 0 atom stereocenters. The first kappa shape index (κ1) is 19.0. The van der Waals surface area contributed by atoms with Crippen molar-refractivity contribution in [3.8, 4) is 5.75 Å². The van der Waals surface area contributed by atoms with E-state index < -0.39 is 5.60 Å². The van der Waals surface area contributed by atoms with E-state index in [1.165, 1.54) is 0 Å². The third-order valence-electron chi connectivity index (χ3n) is 4.36. The Morgan fingerprint density at radius 3 is 2.72 bits per heavy atom. The summed E-state index contributed by atoms with van der Waals surface area (Å²) >= 11 is 5.89. The Kier molecular flexibility index (Phi) is 4.98. The number of amides is 1. The lowest BCUT2D eigenvalue weighted by atomic mass is 10.1. The number of rotatable bonds is 6. The molecule has 0 saturated carbocycles. The molecule has 0 saturated heterocycles. The second-order valence-electron chi connectivity index (χ2n) is 7.15. The second-order valence-corrected chi connectivity index (χ2v) is 7.58. The quantitative estimate of drug-likeness (QED) is 0.521. The Morgan fingerprint density at radius 1 is 1.17 bits per heavy atom. The average Bonchev–Trinajstić information content (AvgIpc) is 3.29. The first-order chi connectivity index (χ1) is 13.9. The number of halogens is 1. The number of nitrogens with one attached hydrogen (secondary N) is 1. The standard InChI is InChI=1S/C21H20ClN5O2/c1-21(2,29-18-8-6-15(22)7-9-18)20(28)25-16-11-23-27(13-16)14-17-12-26-10-4-3-5-19(26)24-17/h3-13H,14H2,1-2H3,(H,25,28). The van der Waals surface area contributed by atoms with E-state index in [-0.39, 0.29) is 5.91 Å². The van der Waals surface area contributed by atoms with E-state index in [4.69, 9.17) is 16.3 Å². The van der Waals surface area contributed by atoms with Gasteiger partial charge in [0, 0.05) is 23.6 Å². The summed E-state index contributed by atoms with van der Waals surface area (Å²) in [6.07, 6.45) is 7.27. The molecule has 0 fully saturated rings. The topological polar surface area (TPSA) is 73.5 Å². The summed E-state index contributed by atoms with van der Waals surface area (Å²) in [6, 6.07) is 12.7. The zero-order chi connectivity index (χ0) is 20.4. The van der Waals surface area contributed by atoms with E-state index in [2.05, 4.69) is 15.4 Å². The molecule has 0 unspecified atom stereocenters. The summed E-state index contributed by atoms with van der Waals surface area (Å²) in [5.41, 5.74) is 1.27. The van der Waals surface area contributed by atoms with Gasteiger partial charge in [-0.2, -0.15) is 5.10 Å². The predicted octanol–water partition coefficient (Wildman–Crippen LogP) is 4.03. The fourth-order valence-corrected chi connectivity index (χ4v) is 3.00. The normalized spacial score (nSPS) is 11.6. The molecule has 0 radical (unpaired) electrons. The molecule has 148 valence electrons. The van der Waals surface area contributed by atoms with Gasteiger partial charge in [-0.3, -0.25) is 9.48 Å². The van der Waals surface area contributed by atoms with Gasteiger partial charge in [0.2, 0.25) is 0 Å². The molecule has 0 spiro atoms. The van der Waals surface area contributed by atoms with Gasteiger partial charge in [0.1, 0.15) is 11.4 Å². The molecule has 0 bridgehead atoms. The van der Waals surface area contributed by atoms with Crippen molar-refractivity contribution in [3.63, 3.8) is 0 Å². The number of ether oxygens (including phenoxy) is 1. The zero-order valence-corrected chi connectivity index (χ0v) is 16.8. The minimum atomic E-state index is -1.07. The fourth-order valence-electron chi connectivity index (χ4n) is 2.87. The maximum atomic E-state index is 12.7. The molecule has 4 rings (SSSR count). The Morgan fingerprint density at radius 2 is 1.97 bits per heavy atom. The maximum absolute atomic E-state index is 12.7. The lowest BCUT2D eigenvalue weighted by Gasteiger charge is -2.25. The predicted molar refractivity (Wildman–Crippen MR) is 111 cm³/mol. The first-order valence-corrected chi connectivity index (χ1v) is 9.48. The molecule has 0 aliphatic heterocycles. The van der Waals surface area contributed by atoms with E-state index in [9.17, 15) is 4.79 Å². The summed E-state index contributed by atoms with van der Waals surface area (Å²) in [5, 5.41) is 7.76. The molecule has 8 heteroatoms. The van der Waals surface area contributed by atoms with Gasteiger partial charge in [-0.25, -0.2) is 4.98 Å². The van der Waals surface area contributed by atoms with Crippen molar-refractivity contribution in [2.75, 3.05) is 5.32 Å². The molecule has 4 aromatic rings. The van der Waals surface area contributed by atoms with Crippen molar-refractivity contribution in [2.24, 2.45) is 0 Å². The van der Waals surface area contributed by atoms with E-state index in [1.54, 1.807) is 55.2 Å². The second kappa shape index (κ2) is 7.60. The fraction of sp³-hybridized carbons (Fsp3) is 0.190. The summed E-state index contributed by atoms with van der Waals surface area (Å²) in [5.74, 6) is 0.289. The Labute approximate surface area is 172 Å². The SMILES string of the molecule is CC(C)(Oc1ccc(Cl)cc1)C(=O)Nc1cnn(Cc2cn3ccccc3n2)c1. The van der Waals surface area contributed by atoms with Crippen LogP contribution in [0.1, 0.15) is 19.5 Å². The molecule has 1 aromatic carbocycles. The van der Waals surface area contributed by atoms with Crippen LogP contribution in [0.25, 0.3) is 5.65 Å². The van der Waals surface area contributed by atoms with E-state index >= 15 is 0 Å². The smallest absolute Gasteiger partial charge is 0.268 e. The number of imidazole rings is 1. The van der Waals surface area contributed by atoms with Crippen molar-refractivity contribution in [2.45, 2.75) is 26.0 Å². The van der Waals surface area contributed by atoms with Crippen LogP contribution >= 0.6 is 11.6 Å². The zero-order valence-electron chi connectivity index (χ0n) is 16.0. The number of pyridine rings is 1. The molecule has 1 N–H and O–H groups in total. The third-order valence-corrected chi connectivity index (χ3v) is 4.61. The lowest BCUT2D eigenvalue weighted by molar-refractivity contribution is -0.128. The van der Waals surface area contributed by atoms with Crippen LogP contribution in [0.2, 0.25) is 5.02 Å². The monoisotopic (exact) mass is 409 g/mol. The number of aromatic nitrogens is 4. The largest absolute Gasteiger partial charge is 0.478 e. The maximum Gasteiger partial charge on any atom is 0.268 e. The third kappa shape index (κ3) is 4.41. The van der Waals surface area contributed by atoms with Crippen LogP contribution in [0.5, 0.6) is 5.75 Å².